The number of nitrogens with zero attached hydrogens (tertiary/aromatic N) is 7. The van der Waals surface area contributed by atoms with Gasteiger partial charge in [0.15, 0.2) is 0 Å². The molecule has 3 aliphatic rings. The summed E-state index contributed by atoms with van der Waals surface area (Å²) in [5.41, 5.74) is 3.14. The van der Waals surface area contributed by atoms with Gasteiger partial charge in [-0.3, -0.25) is 9.48 Å². The lowest BCUT2D eigenvalue weighted by Gasteiger charge is -2.47. The highest BCUT2D eigenvalue weighted by Crippen LogP contribution is 2.47. The molecule has 0 aliphatic carbocycles. The summed E-state index contributed by atoms with van der Waals surface area (Å²) in [4.78, 5) is 20.9. The van der Waals surface area contributed by atoms with Crippen molar-refractivity contribution in [3.8, 4) is 23.4 Å². The van der Waals surface area contributed by atoms with Gasteiger partial charge in [-0.15, -0.1) is 0 Å². The van der Waals surface area contributed by atoms with Crippen LogP contribution in [0.25, 0.3) is 11.3 Å². The first-order valence-electron chi connectivity index (χ1n) is 10.9. The van der Waals surface area contributed by atoms with Crippen molar-refractivity contribution in [2.24, 2.45) is 12.5 Å². The van der Waals surface area contributed by atoms with E-state index in [0.717, 1.165) is 24.2 Å². The molecule has 33 heavy (non-hydrogen) atoms. The van der Waals surface area contributed by atoms with Gasteiger partial charge >= 0.3 is 0 Å². The minimum Gasteiger partial charge on any atom is -0.364 e. The van der Waals surface area contributed by atoms with E-state index in [-0.39, 0.29) is 11.3 Å². The van der Waals surface area contributed by atoms with Crippen molar-refractivity contribution in [3.05, 3.63) is 41.2 Å². The van der Waals surface area contributed by atoms with Gasteiger partial charge in [0.2, 0.25) is 5.91 Å². The maximum atomic E-state index is 11.9. The predicted molar refractivity (Wildman–Crippen MR) is 120 cm³/mol. The molecule has 0 radical (unpaired) electrons. The maximum Gasteiger partial charge on any atom is 0.245 e. The van der Waals surface area contributed by atoms with E-state index in [1.165, 1.54) is 12.3 Å². The third-order valence-corrected chi connectivity index (χ3v) is 7.11. The lowest BCUT2D eigenvalue weighted by molar-refractivity contribution is -0.136. The largest absolute Gasteiger partial charge is 0.364 e. The number of rotatable bonds is 3. The van der Waals surface area contributed by atoms with Gasteiger partial charge in [-0.25, -0.2) is 4.98 Å². The standard InChI is InChI=1S/C24H25N7O2/c1-5-18(32)31-13-24(14-31)6-7-30(12-24)22-16(9-26)19(20-15(8-25)10-27-29(20)4)17-11-33-23(2,3)21(17)28-22/h5,10H,1,6-7,11-14H2,2-4H3. The highest BCUT2D eigenvalue weighted by atomic mass is 16.5. The molecule has 2 fully saturated rings. The van der Waals surface area contributed by atoms with Crippen molar-refractivity contribution < 1.29 is 9.53 Å². The fraction of sp³-hybridized carbons (Fsp3) is 0.458. The van der Waals surface area contributed by atoms with Crippen LogP contribution in [0, 0.1) is 28.1 Å². The number of carbonyl (C=O) groups excluding carboxylic acids is 1. The third kappa shape index (κ3) is 3.04. The Morgan fingerprint density at radius 1 is 1.27 bits per heavy atom. The molecule has 1 spiro atoms. The predicted octanol–water partition coefficient (Wildman–Crippen LogP) is 2.22. The summed E-state index contributed by atoms with van der Waals surface area (Å²) in [5.74, 6) is 0.564. The van der Waals surface area contributed by atoms with Crippen LogP contribution < -0.4 is 4.90 Å². The Morgan fingerprint density at radius 2 is 2.03 bits per heavy atom. The van der Waals surface area contributed by atoms with E-state index in [1.807, 2.05) is 13.8 Å². The number of pyridine rings is 1. The smallest absolute Gasteiger partial charge is 0.245 e. The topological polar surface area (TPSA) is 111 Å². The Balaban J connectivity index is 1.62. The van der Waals surface area contributed by atoms with Gasteiger partial charge in [-0.2, -0.15) is 15.6 Å². The molecule has 0 aromatic carbocycles. The molecule has 2 aromatic heterocycles. The molecule has 9 nitrogen and oxygen atoms in total. The number of carbonyl (C=O) groups is 1. The first kappa shape index (κ1) is 21.2. The number of anilines is 1. The number of hydrogen-bond acceptors (Lipinski definition) is 7. The van der Waals surface area contributed by atoms with Gasteiger partial charge in [0.25, 0.3) is 0 Å². The van der Waals surface area contributed by atoms with Crippen LogP contribution in [0.3, 0.4) is 0 Å². The van der Waals surface area contributed by atoms with Gasteiger partial charge in [0, 0.05) is 49.8 Å². The number of amides is 1. The van der Waals surface area contributed by atoms with Gasteiger partial charge in [0.05, 0.1) is 29.8 Å². The zero-order chi connectivity index (χ0) is 23.5. The van der Waals surface area contributed by atoms with E-state index in [0.29, 0.717) is 54.4 Å². The van der Waals surface area contributed by atoms with Crippen LogP contribution in [0.15, 0.2) is 18.9 Å². The Labute approximate surface area is 192 Å². The van der Waals surface area contributed by atoms with Crippen LogP contribution in [-0.4, -0.2) is 51.8 Å². The average Bonchev–Trinajstić information content (AvgIpc) is 3.46. The molecule has 0 saturated carbocycles. The van der Waals surface area contributed by atoms with Gasteiger partial charge < -0.3 is 14.5 Å². The van der Waals surface area contributed by atoms with Crippen molar-refractivity contribution in [1.29, 1.82) is 10.5 Å². The summed E-state index contributed by atoms with van der Waals surface area (Å²) in [6, 6.07) is 4.58. The first-order chi connectivity index (χ1) is 15.7. The molecule has 1 amide bonds. The van der Waals surface area contributed by atoms with Gasteiger partial charge in [0.1, 0.15) is 29.1 Å². The second kappa shape index (κ2) is 7.16. The van der Waals surface area contributed by atoms with E-state index >= 15 is 0 Å². The SMILES string of the molecule is C=CC(=O)N1CC2(CCN(c3nc4c(c(-c5c(C#N)cnn5C)c3C#N)COC4(C)C)C2)C1. The molecule has 9 heteroatoms. The van der Waals surface area contributed by atoms with E-state index < -0.39 is 5.60 Å². The Morgan fingerprint density at radius 3 is 2.70 bits per heavy atom. The monoisotopic (exact) mass is 443 g/mol. The number of aromatic nitrogens is 3. The van der Waals surface area contributed by atoms with Crippen molar-refractivity contribution in [3.63, 3.8) is 0 Å². The first-order valence-corrected chi connectivity index (χ1v) is 10.9. The summed E-state index contributed by atoms with van der Waals surface area (Å²) < 4.78 is 7.69. The number of fused-ring (bicyclic) bond motifs is 1. The molecule has 0 unspecified atom stereocenters. The summed E-state index contributed by atoms with van der Waals surface area (Å²) in [7, 11) is 1.77. The fourth-order valence-electron chi connectivity index (χ4n) is 5.40. The van der Waals surface area contributed by atoms with Crippen molar-refractivity contribution in [2.45, 2.75) is 32.5 Å². The normalized spacial score (nSPS) is 19.7. The lowest BCUT2D eigenvalue weighted by atomic mass is 9.79. The molecule has 0 bridgehead atoms. The molecule has 2 saturated heterocycles. The number of nitriles is 2. The zero-order valence-electron chi connectivity index (χ0n) is 19.1. The molecule has 168 valence electrons. The fourth-order valence-corrected chi connectivity index (χ4v) is 5.40. The Bertz CT molecular complexity index is 1270. The Hall–Kier alpha value is -3.69. The van der Waals surface area contributed by atoms with Crippen LogP contribution in [0.1, 0.15) is 42.7 Å². The van der Waals surface area contributed by atoms with Crippen molar-refractivity contribution >= 4 is 11.7 Å². The maximum absolute atomic E-state index is 11.9. The number of ether oxygens (including phenoxy) is 1. The van der Waals surface area contributed by atoms with E-state index in [1.54, 1.807) is 16.6 Å². The molecule has 2 aromatic rings. The minimum absolute atomic E-state index is 0.00259. The number of aryl methyl sites for hydroxylation is 1. The third-order valence-electron chi connectivity index (χ3n) is 7.11. The number of hydrogen-bond donors (Lipinski definition) is 0. The number of likely N-dealkylation sites (tertiary alicyclic amines) is 1. The van der Waals surface area contributed by atoms with E-state index in [9.17, 15) is 15.3 Å². The summed E-state index contributed by atoms with van der Waals surface area (Å²) in [6.07, 6.45) is 3.79. The Kier molecular flexibility index (Phi) is 4.59. The van der Waals surface area contributed by atoms with Gasteiger partial charge in [-0.05, 0) is 26.3 Å². The van der Waals surface area contributed by atoms with Gasteiger partial charge in [-0.1, -0.05) is 6.58 Å². The molecule has 5 rings (SSSR count). The summed E-state index contributed by atoms with van der Waals surface area (Å²) in [5, 5.41) is 24.3. The molecule has 3 aliphatic heterocycles. The van der Waals surface area contributed by atoms with Crippen LogP contribution in [-0.2, 0) is 28.8 Å². The quantitative estimate of drug-likeness (QED) is 0.669. The second-order valence-corrected chi connectivity index (χ2v) is 9.64. The molecule has 0 atom stereocenters. The summed E-state index contributed by atoms with van der Waals surface area (Å²) in [6.45, 7) is 10.7. The average molecular weight is 444 g/mol. The molecular formula is C24H25N7O2. The van der Waals surface area contributed by atoms with Crippen LogP contribution in [0.4, 0.5) is 5.82 Å². The van der Waals surface area contributed by atoms with Crippen molar-refractivity contribution in [1.82, 2.24) is 19.7 Å². The van der Waals surface area contributed by atoms with E-state index in [4.69, 9.17) is 9.72 Å². The molecular weight excluding hydrogens is 418 g/mol. The highest BCUT2D eigenvalue weighted by molar-refractivity contribution is 5.88. The molecule has 0 N–H and O–H groups in total. The van der Waals surface area contributed by atoms with Crippen LogP contribution in [0.5, 0.6) is 0 Å². The lowest BCUT2D eigenvalue weighted by Crippen LogP contribution is -2.59. The zero-order valence-corrected chi connectivity index (χ0v) is 19.1. The molecule has 5 heterocycles. The van der Waals surface area contributed by atoms with Crippen LogP contribution in [0.2, 0.25) is 0 Å². The summed E-state index contributed by atoms with van der Waals surface area (Å²) >= 11 is 0. The van der Waals surface area contributed by atoms with E-state index in [2.05, 4.69) is 28.7 Å². The van der Waals surface area contributed by atoms with Crippen LogP contribution >= 0.6 is 0 Å². The van der Waals surface area contributed by atoms with Crippen molar-refractivity contribution in [2.75, 3.05) is 31.1 Å². The second-order valence-electron chi connectivity index (χ2n) is 9.64. The highest BCUT2D eigenvalue weighted by Gasteiger charge is 2.50. The minimum atomic E-state index is -0.612.